The zero-order valence-corrected chi connectivity index (χ0v) is 12.4. The molecule has 0 saturated carbocycles. The molecule has 0 radical (unpaired) electrons. The second kappa shape index (κ2) is 5.90. The van der Waals surface area contributed by atoms with E-state index in [9.17, 15) is 14.7 Å². The van der Waals surface area contributed by atoms with E-state index < -0.39 is 17.3 Å². The van der Waals surface area contributed by atoms with Crippen LogP contribution in [0.15, 0.2) is 0 Å². The van der Waals surface area contributed by atoms with Crippen molar-refractivity contribution in [2.24, 2.45) is 16.7 Å². The molecule has 0 aromatic rings. The lowest BCUT2D eigenvalue weighted by Gasteiger charge is -2.26. The van der Waals surface area contributed by atoms with E-state index in [1.807, 2.05) is 27.7 Å². The van der Waals surface area contributed by atoms with Crippen molar-refractivity contribution in [2.45, 2.75) is 40.5 Å². The van der Waals surface area contributed by atoms with Gasteiger partial charge in [0.1, 0.15) is 0 Å². The Labute approximate surface area is 115 Å². The number of rotatable bonds is 5. The molecule has 2 unspecified atom stereocenters. The first-order valence-electron chi connectivity index (χ1n) is 6.86. The zero-order valence-electron chi connectivity index (χ0n) is 12.4. The molecule has 0 aromatic carbocycles. The lowest BCUT2D eigenvalue weighted by atomic mass is 9.84. The smallest absolute Gasteiger partial charge is 0.308 e. The van der Waals surface area contributed by atoms with Crippen LogP contribution < -0.4 is 10.6 Å². The first kappa shape index (κ1) is 16.0. The number of carbonyl (C=O) groups is 2. The van der Waals surface area contributed by atoms with Crippen molar-refractivity contribution in [3.05, 3.63) is 0 Å². The Hall–Kier alpha value is -1.10. The highest BCUT2D eigenvalue weighted by Crippen LogP contribution is 2.26. The van der Waals surface area contributed by atoms with Crippen molar-refractivity contribution in [1.29, 1.82) is 0 Å². The van der Waals surface area contributed by atoms with Crippen LogP contribution in [0.25, 0.3) is 0 Å². The molecule has 2 atom stereocenters. The fourth-order valence-corrected chi connectivity index (χ4v) is 2.43. The van der Waals surface area contributed by atoms with E-state index in [0.717, 1.165) is 13.0 Å². The summed E-state index contributed by atoms with van der Waals surface area (Å²) in [5.74, 6) is -1.41. The minimum absolute atomic E-state index is 0.0438. The summed E-state index contributed by atoms with van der Waals surface area (Å²) in [6.07, 6.45) is 1.35. The third-order valence-corrected chi connectivity index (χ3v) is 3.63. The summed E-state index contributed by atoms with van der Waals surface area (Å²) in [4.78, 5) is 23.3. The third-order valence-electron chi connectivity index (χ3n) is 3.63. The van der Waals surface area contributed by atoms with Gasteiger partial charge in [-0.15, -0.1) is 0 Å². The van der Waals surface area contributed by atoms with E-state index >= 15 is 0 Å². The normalized spacial score (nSPS) is 25.1. The molecule has 1 aliphatic rings. The van der Waals surface area contributed by atoms with E-state index in [4.69, 9.17) is 0 Å². The molecule has 1 amide bonds. The monoisotopic (exact) mass is 270 g/mol. The third kappa shape index (κ3) is 4.82. The summed E-state index contributed by atoms with van der Waals surface area (Å²) >= 11 is 0. The quantitative estimate of drug-likeness (QED) is 0.702. The van der Waals surface area contributed by atoms with Crippen LogP contribution in [0, 0.1) is 16.7 Å². The Bertz CT molecular complexity index is 341. The molecule has 0 aliphatic carbocycles. The highest BCUT2D eigenvalue weighted by atomic mass is 16.4. The molecule has 3 N–H and O–H groups in total. The Kier molecular flexibility index (Phi) is 4.96. The van der Waals surface area contributed by atoms with Gasteiger partial charge in [-0.05, 0) is 31.7 Å². The van der Waals surface area contributed by atoms with Gasteiger partial charge in [0.15, 0.2) is 0 Å². The fourth-order valence-electron chi connectivity index (χ4n) is 2.43. The standard InChI is InChI=1S/C14H26N2O3/c1-13(2,3)7-10(11(17)18)8-16-12(19)14(4)5-6-15-9-14/h10,15H,5-9H2,1-4H3,(H,16,19)(H,17,18). The van der Waals surface area contributed by atoms with Crippen molar-refractivity contribution in [3.63, 3.8) is 0 Å². The number of aliphatic carboxylic acids is 1. The lowest BCUT2D eigenvalue weighted by Crippen LogP contribution is -2.43. The summed E-state index contributed by atoms with van der Waals surface area (Å²) in [5, 5.41) is 15.2. The molecule has 5 nitrogen and oxygen atoms in total. The minimum atomic E-state index is -0.843. The summed E-state index contributed by atoms with van der Waals surface area (Å²) in [6.45, 7) is 9.65. The molecule has 1 heterocycles. The highest BCUT2D eigenvalue weighted by molar-refractivity contribution is 5.83. The minimum Gasteiger partial charge on any atom is -0.481 e. The molecule has 19 heavy (non-hydrogen) atoms. The SMILES string of the molecule is CC(C)(C)CC(CNC(=O)C1(C)CCNC1)C(=O)O. The van der Waals surface area contributed by atoms with Gasteiger partial charge in [0.05, 0.1) is 11.3 Å². The number of hydrogen-bond acceptors (Lipinski definition) is 3. The van der Waals surface area contributed by atoms with E-state index in [0.29, 0.717) is 13.0 Å². The molecule has 0 spiro atoms. The maximum Gasteiger partial charge on any atom is 0.308 e. The van der Waals surface area contributed by atoms with Crippen molar-refractivity contribution in [2.75, 3.05) is 19.6 Å². The highest BCUT2D eigenvalue weighted by Gasteiger charge is 2.36. The average molecular weight is 270 g/mol. The van der Waals surface area contributed by atoms with Gasteiger partial charge >= 0.3 is 5.97 Å². The first-order chi connectivity index (χ1) is 8.64. The number of carboxylic acid groups (broad SMARTS) is 1. The molecule has 1 aliphatic heterocycles. The van der Waals surface area contributed by atoms with Gasteiger partial charge in [-0.1, -0.05) is 20.8 Å². The molecule has 5 heteroatoms. The zero-order chi connectivity index (χ0) is 14.7. The van der Waals surface area contributed by atoms with Crippen LogP contribution in [0.2, 0.25) is 0 Å². The second-order valence-electron chi connectivity index (χ2n) is 7.00. The molecule has 0 bridgehead atoms. The maximum absolute atomic E-state index is 12.1. The summed E-state index contributed by atoms with van der Waals surface area (Å²) < 4.78 is 0. The van der Waals surface area contributed by atoms with Crippen molar-refractivity contribution >= 4 is 11.9 Å². The number of amides is 1. The number of nitrogens with one attached hydrogen (secondary N) is 2. The molecule has 0 aromatic heterocycles. The number of hydrogen-bond donors (Lipinski definition) is 3. The maximum atomic E-state index is 12.1. The Morgan fingerprint density at radius 2 is 2.05 bits per heavy atom. The van der Waals surface area contributed by atoms with Gasteiger partial charge in [0.25, 0.3) is 0 Å². The summed E-state index contributed by atoms with van der Waals surface area (Å²) in [6, 6.07) is 0. The van der Waals surface area contributed by atoms with Gasteiger partial charge in [0.2, 0.25) is 5.91 Å². The molecular formula is C14H26N2O3. The van der Waals surface area contributed by atoms with Crippen LogP contribution in [0.4, 0.5) is 0 Å². The van der Waals surface area contributed by atoms with Crippen LogP contribution in [0.5, 0.6) is 0 Å². The van der Waals surface area contributed by atoms with E-state index in [1.54, 1.807) is 0 Å². The number of carboxylic acids is 1. The van der Waals surface area contributed by atoms with Crippen LogP contribution in [-0.4, -0.2) is 36.6 Å². The largest absolute Gasteiger partial charge is 0.481 e. The van der Waals surface area contributed by atoms with Crippen LogP contribution in [-0.2, 0) is 9.59 Å². The molecule has 1 saturated heterocycles. The Balaban J connectivity index is 2.52. The summed E-state index contributed by atoms with van der Waals surface area (Å²) in [7, 11) is 0. The second-order valence-corrected chi connectivity index (χ2v) is 7.00. The van der Waals surface area contributed by atoms with E-state index in [2.05, 4.69) is 10.6 Å². The molecular weight excluding hydrogens is 244 g/mol. The topological polar surface area (TPSA) is 78.4 Å². The van der Waals surface area contributed by atoms with E-state index in [1.165, 1.54) is 0 Å². The molecule has 110 valence electrons. The Morgan fingerprint density at radius 1 is 1.42 bits per heavy atom. The molecule has 1 rings (SSSR count). The first-order valence-corrected chi connectivity index (χ1v) is 6.86. The van der Waals surface area contributed by atoms with Crippen molar-refractivity contribution in [1.82, 2.24) is 10.6 Å². The van der Waals surface area contributed by atoms with Crippen molar-refractivity contribution < 1.29 is 14.7 Å². The van der Waals surface area contributed by atoms with Gasteiger partial charge in [0, 0.05) is 13.1 Å². The van der Waals surface area contributed by atoms with E-state index in [-0.39, 0.29) is 17.9 Å². The number of carbonyl (C=O) groups excluding carboxylic acids is 1. The lowest BCUT2D eigenvalue weighted by molar-refractivity contribution is -0.143. The van der Waals surface area contributed by atoms with Crippen LogP contribution >= 0.6 is 0 Å². The van der Waals surface area contributed by atoms with Gasteiger partial charge in [-0.3, -0.25) is 9.59 Å². The average Bonchev–Trinajstić information content (AvgIpc) is 2.70. The predicted octanol–water partition coefficient (Wildman–Crippen LogP) is 1.24. The predicted molar refractivity (Wildman–Crippen MR) is 73.8 cm³/mol. The van der Waals surface area contributed by atoms with Gasteiger partial charge < -0.3 is 15.7 Å². The van der Waals surface area contributed by atoms with Crippen LogP contribution in [0.1, 0.15) is 40.5 Å². The van der Waals surface area contributed by atoms with Crippen molar-refractivity contribution in [3.8, 4) is 0 Å². The van der Waals surface area contributed by atoms with Crippen LogP contribution in [0.3, 0.4) is 0 Å². The van der Waals surface area contributed by atoms with Gasteiger partial charge in [-0.2, -0.15) is 0 Å². The molecule has 1 fully saturated rings. The fraction of sp³-hybridized carbons (Fsp3) is 0.857. The van der Waals surface area contributed by atoms with Gasteiger partial charge in [-0.25, -0.2) is 0 Å². The Morgan fingerprint density at radius 3 is 2.47 bits per heavy atom. The summed E-state index contributed by atoms with van der Waals surface area (Å²) in [5.41, 5.74) is -0.461.